The molecule has 1 N–H and O–H groups in total. The summed E-state index contributed by atoms with van der Waals surface area (Å²) < 4.78 is 54.0. The molecule has 2 aromatic carbocycles. The smallest absolute Gasteiger partial charge is 0.416 e. The van der Waals surface area contributed by atoms with E-state index in [0.29, 0.717) is 16.3 Å². The van der Waals surface area contributed by atoms with Gasteiger partial charge >= 0.3 is 12.1 Å². The van der Waals surface area contributed by atoms with Gasteiger partial charge in [0.25, 0.3) is 5.91 Å². The van der Waals surface area contributed by atoms with Crippen LogP contribution in [0.25, 0.3) is 10.2 Å². The summed E-state index contributed by atoms with van der Waals surface area (Å²) in [6, 6.07) is 6.39. The van der Waals surface area contributed by atoms with Crippen LogP contribution in [0.2, 0.25) is 0 Å². The average molecular weight is 412 g/mol. The molecule has 0 spiro atoms. The van der Waals surface area contributed by atoms with Crippen LogP contribution in [-0.2, 0) is 17.5 Å². The first-order valence-electron chi connectivity index (χ1n) is 7.84. The molecule has 3 aromatic rings. The number of fused-ring (bicyclic) bond motifs is 1. The number of nitrogens with zero attached hydrogens (tertiary/aromatic N) is 2. The Morgan fingerprint density at radius 2 is 1.93 bits per heavy atom. The number of halogens is 4. The Morgan fingerprint density at radius 1 is 1.21 bits per heavy atom. The first-order valence-corrected chi connectivity index (χ1v) is 8.65. The van der Waals surface area contributed by atoms with Crippen LogP contribution in [0.3, 0.4) is 0 Å². The third-order valence-electron chi connectivity index (χ3n) is 3.89. The Labute approximate surface area is 159 Å². The number of carboxylic acids is 1. The zero-order valence-electron chi connectivity index (χ0n) is 14.2. The number of hydrogen-bond acceptors (Lipinski definition) is 3. The largest absolute Gasteiger partial charge is 0.480 e. The van der Waals surface area contributed by atoms with Crippen molar-refractivity contribution < 1.29 is 32.3 Å². The molecule has 0 atom stereocenters. The summed E-state index contributed by atoms with van der Waals surface area (Å²) in [7, 11) is 0. The van der Waals surface area contributed by atoms with Gasteiger partial charge in [-0.15, -0.1) is 0 Å². The highest BCUT2D eigenvalue weighted by molar-refractivity contribution is 7.16. The summed E-state index contributed by atoms with van der Waals surface area (Å²) in [5.41, 5.74) is -0.740. The van der Waals surface area contributed by atoms with E-state index in [-0.39, 0.29) is 15.9 Å². The van der Waals surface area contributed by atoms with Gasteiger partial charge in [-0.2, -0.15) is 18.2 Å². The van der Waals surface area contributed by atoms with Crippen LogP contribution in [0.1, 0.15) is 21.5 Å². The van der Waals surface area contributed by atoms with Crippen LogP contribution < -0.4 is 4.80 Å². The minimum atomic E-state index is -4.62. The summed E-state index contributed by atoms with van der Waals surface area (Å²) in [4.78, 5) is 27.3. The molecule has 5 nitrogen and oxygen atoms in total. The van der Waals surface area contributed by atoms with Crippen LogP contribution in [-0.4, -0.2) is 21.6 Å². The Kier molecular flexibility index (Phi) is 5.07. The number of aryl methyl sites for hydroxylation is 1. The number of aromatic nitrogens is 1. The number of thiazole rings is 1. The Bertz CT molecular complexity index is 1160. The van der Waals surface area contributed by atoms with Crippen molar-refractivity contribution in [2.24, 2.45) is 4.99 Å². The average Bonchev–Trinajstić information content (AvgIpc) is 2.90. The molecule has 146 valence electrons. The molecule has 0 bridgehead atoms. The van der Waals surface area contributed by atoms with Gasteiger partial charge in [0.15, 0.2) is 4.80 Å². The molecule has 10 heteroatoms. The summed E-state index contributed by atoms with van der Waals surface area (Å²) in [6.45, 7) is 0.942. The summed E-state index contributed by atoms with van der Waals surface area (Å²) in [5, 5.41) is 9.11. The van der Waals surface area contributed by atoms with Crippen molar-refractivity contribution in [1.29, 1.82) is 0 Å². The Balaban J connectivity index is 2.15. The van der Waals surface area contributed by atoms with Gasteiger partial charge in [0.05, 0.1) is 15.8 Å². The van der Waals surface area contributed by atoms with E-state index in [2.05, 4.69) is 4.99 Å². The zero-order valence-corrected chi connectivity index (χ0v) is 15.1. The minimum absolute atomic E-state index is 0.0511. The van der Waals surface area contributed by atoms with Crippen molar-refractivity contribution in [3.63, 3.8) is 0 Å². The van der Waals surface area contributed by atoms with E-state index in [0.717, 1.165) is 34.1 Å². The van der Waals surface area contributed by atoms with Crippen molar-refractivity contribution in [3.8, 4) is 0 Å². The number of amides is 1. The van der Waals surface area contributed by atoms with Crippen molar-refractivity contribution in [1.82, 2.24) is 4.57 Å². The number of carboxylic acid groups (broad SMARTS) is 1. The Morgan fingerprint density at radius 3 is 2.57 bits per heavy atom. The van der Waals surface area contributed by atoms with Gasteiger partial charge in [-0.3, -0.25) is 9.59 Å². The molecule has 0 saturated carbocycles. The number of benzene rings is 2. The van der Waals surface area contributed by atoms with E-state index in [1.807, 2.05) is 0 Å². The molecular formula is C18H12F4N2O3S. The van der Waals surface area contributed by atoms with Gasteiger partial charge in [0, 0.05) is 5.56 Å². The lowest BCUT2D eigenvalue weighted by Crippen LogP contribution is -2.21. The minimum Gasteiger partial charge on any atom is -0.480 e. The lowest BCUT2D eigenvalue weighted by Gasteiger charge is -2.06. The molecule has 0 fully saturated rings. The molecule has 0 saturated heterocycles. The monoisotopic (exact) mass is 412 g/mol. The molecule has 1 amide bonds. The molecule has 3 rings (SSSR count). The van der Waals surface area contributed by atoms with E-state index in [9.17, 15) is 27.2 Å². The number of carbonyl (C=O) groups excluding carboxylic acids is 1. The van der Waals surface area contributed by atoms with Gasteiger partial charge in [-0.05, 0) is 42.8 Å². The first kappa shape index (κ1) is 19.7. The normalized spacial score (nSPS) is 12.5. The third-order valence-corrected chi connectivity index (χ3v) is 4.93. The van der Waals surface area contributed by atoms with Crippen molar-refractivity contribution in [3.05, 3.63) is 63.7 Å². The fraction of sp³-hybridized carbons (Fsp3) is 0.167. The summed E-state index contributed by atoms with van der Waals surface area (Å²) in [5.74, 6) is -2.76. The zero-order chi connectivity index (χ0) is 20.6. The maximum Gasteiger partial charge on any atom is 0.416 e. The lowest BCUT2D eigenvalue weighted by atomic mass is 10.1. The summed E-state index contributed by atoms with van der Waals surface area (Å²) >= 11 is 0.945. The molecular weight excluding hydrogens is 400 g/mol. The fourth-order valence-electron chi connectivity index (χ4n) is 2.54. The van der Waals surface area contributed by atoms with Gasteiger partial charge < -0.3 is 9.67 Å². The van der Waals surface area contributed by atoms with E-state index >= 15 is 0 Å². The number of carbonyl (C=O) groups is 2. The van der Waals surface area contributed by atoms with Gasteiger partial charge in [-0.1, -0.05) is 17.4 Å². The van der Waals surface area contributed by atoms with E-state index in [4.69, 9.17) is 5.11 Å². The molecule has 0 radical (unpaired) electrons. The fourth-order valence-corrected chi connectivity index (χ4v) is 3.65. The van der Waals surface area contributed by atoms with Crippen molar-refractivity contribution in [2.45, 2.75) is 19.6 Å². The second-order valence-electron chi connectivity index (χ2n) is 5.93. The highest BCUT2D eigenvalue weighted by Crippen LogP contribution is 2.29. The molecule has 0 aliphatic rings. The van der Waals surface area contributed by atoms with Gasteiger partial charge in [-0.25, -0.2) is 4.39 Å². The number of aliphatic carboxylic acids is 1. The number of hydrogen-bond donors (Lipinski definition) is 1. The molecule has 1 heterocycles. The second-order valence-corrected chi connectivity index (χ2v) is 6.94. The highest BCUT2D eigenvalue weighted by Gasteiger charge is 2.30. The standard InChI is InChI=1S/C18H12F4N2O3S/c1-9-5-14-13(7-12(9)19)24(8-15(25)26)17(28-14)23-16(27)10-3-2-4-11(6-10)18(20,21)22/h2-7H,8H2,1H3,(H,25,26). The third kappa shape index (κ3) is 3.96. The molecule has 0 aliphatic carbocycles. The predicted molar refractivity (Wildman–Crippen MR) is 93.5 cm³/mol. The van der Waals surface area contributed by atoms with Gasteiger partial charge in [0.1, 0.15) is 12.4 Å². The van der Waals surface area contributed by atoms with Crippen LogP contribution in [0.5, 0.6) is 0 Å². The maximum absolute atomic E-state index is 13.9. The molecule has 28 heavy (non-hydrogen) atoms. The second kappa shape index (κ2) is 7.19. The Hall–Kier alpha value is -3.01. The lowest BCUT2D eigenvalue weighted by molar-refractivity contribution is -0.138. The van der Waals surface area contributed by atoms with Crippen LogP contribution in [0.4, 0.5) is 17.6 Å². The van der Waals surface area contributed by atoms with Crippen molar-refractivity contribution in [2.75, 3.05) is 0 Å². The SMILES string of the molecule is Cc1cc2sc(=NC(=O)c3cccc(C(F)(F)F)c3)n(CC(=O)O)c2cc1F. The highest BCUT2D eigenvalue weighted by atomic mass is 32.1. The van der Waals surface area contributed by atoms with Crippen LogP contribution >= 0.6 is 11.3 Å². The van der Waals surface area contributed by atoms with E-state index in [1.165, 1.54) is 19.1 Å². The van der Waals surface area contributed by atoms with E-state index < -0.39 is 36.0 Å². The quantitative estimate of drug-likeness (QED) is 0.661. The predicted octanol–water partition coefficient (Wildman–Crippen LogP) is 3.99. The summed E-state index contributed by atoms with van der Waals surface area (Å²) in [6.07, 6.45) is -4.62. The topological polar surface area (TPSA) is 71.7 Å². The van der Waals surface area contributed by atoms with Crippen LogP contribution in [0, 0.1) is 12.7 Å². The van der Waals surface area contributed by atoms with E-state index in [1.54, 1.807) is 0 Å². The molecule has 0 unspecified atom stereocenters. The van der Waals surface area contributed by atoms with Gasteiger partial charge in [0.2, 0.25) is 0 Å². The first-order chi connectivity index (χ1) is 13.1. The van der Waals surface area contributed by atoms with Crippen molar-refractivity contribution >= 4 is 33.4 Å². The molecule has 0 aliphatic heterocycles. The number of rotatable bonds is 3. The van der Waals surface area contributed by atoms with Crippen LogP contribution in [0.15, 0.2) is 41.4 Å². The number of alkyl halides is 3. The molecule has 1 aromatic heterocycles. The maximum atomic E-state index is 13.9.